The molecule has 0 unspecified atom stereocenters. The maximum Gasteiger partial charge on any atom is 0.276 e. The van der Waals surface area contributed by atoms with E-state index in [1.807, 2.05) is 23.4 Å². The third kappa shape index (κ3) is 3.85. The molecule has 0 N–H and O–H groups in total. The number of benzene rings is 1. The van der Waals surface area contributed by atoms with Gasteiger partial charge in [-0.3, -0.25) is 9.78 Å². The Bertz CT molecular complexity index is 947. The summed E-state index contributed by atoms with van der Waals surface area (Å²) in [7, 11) is 2.11. The Hall–Kier alpha value is -2.73. The average molecular weight is 364 g/mol. The third-order valence-electron chi connectivity index (χ3n) is 5.19. The first-order valence-corrected chi connectivity index (χ1v) is 9.33. The van der Waals surface area contributed by atoms with Crippen molar-refractivity contribution in [2.75, 3.05) is 33.2 Å². The molecule has 2 aromatic heterocycles. The number of fused-ring (bicyclic) bond motifs is 1. The van der Waals surface area contributed by atoms with E-state index in [0.717, 1.165) is 24.9 Å². The normalized spacial score (nSPS) is 18.6. The fourth-order valence-corrected chi connectivity index (χ4v) is 3.88. The summed E-state index contributed by atoms with van der Waals surface area (Å²) >= 11 is 0. The smallest absolute Gasteiger partial charge is 0.276 e. The van der Waals surface area contributed by atoms with Crippen molar-refractivity contribution in [3.05, 3.63) is 59.7 Å². The first-order valence-electron chi connectivity index (χ1n) is 9.33. The van der Waals surface area contributed by atoms with Gasteiger partial charge in [0.25, 0.3) is 5.91 Å². The predicted octanol–water partition coefficient (Wildman–Crippen LogP) is 2.78. The largest absolute Gasteiger partial charge is 0.361 e. The van der Waals surface area contributed by atoms with Crippen LogP contribution in [-0.4, -0.2) is 59.1 Å². The van der Waals surface area contributed by atoms with E-state index in [-0.39, 0.29) is 5.91 Å². The highest BCUT2D eigenvalue weighted by molar-refractivity contribution is 5.92. The van der Waals surface area contributed by atoms with Gasteiger partial charge in [-0.1, -0.05) is 29.4 Å². The number of pyridine rings is 1. The summed E-state index contributed by atoms with van der Waals surface area (Å²) in [4.78, 5) is 21.5. The van der Waals surface area contributed by atoms with Crippen LogP contribution in [0.4, 0.5) is 0 Å². The minimum atomic E-state index is -0.0526. The minimum absolute atomic E-state index is 0.0526. The van der Waals surface area contributed by atoms with Crippen LogP contribution >= 0.6 is 0 Å². The lowest BCUT2D eigenvalue weighted by atomic mass is 9.96. The highest BCUT2D eigenvalue weighted by Gasteiger charge is 2.27. The standard InChI is InChI=1S/C21H24N4O2/c1-15-9-20(23-27-15)21(26)25-8-7-24(2)13-16(14-25)10-18-12-22-11-17-5-3-4-6-19(17)18/h3-6,9,11-12,16H,7-8,10,13-14H2,1-2H3/t16-/m0/s1. The van der Waals surface area contributed by atoms with Crippen molar-refractivity contribution in [2.24, 2.45) is 5.92 Å². The van der Waals surface area contributed by atoms with Gasteiger partial charge in [-0.2, -0.15) is 0 Å². The molecule has 6 nitrogen and oxygen atoms in total. The van der Waals surface area contributed by atoms with Crippen LogP contribution in [0, 0.1) is 12.8 Å². The van der Waals surface area contributed by atoms with Crippen molar-refractivity contribution in [3.8, 4) is 0 Å². The Labute approximate surface area is 158 Å². The molecule has 1 aromatic carbocycles. The highest BCUT2D eigenvalue weighted by Crippen LogP contribution is 2.22. The Morgan fingerprint density at radius 3 is 2.89 bits per heavy atom. The Morgan fingerprint density at radius 1 is 1.22 bits per heavy atom. The number of likely N-dealkylation sites (N-methyl/N-ethyl adjacent to an activating group) is 1. The van der Waals surface area contributed by atoms with E-state index in [0.29, 0.717) is 30.5 Å². The maximum atomic E-state index is 12.9. The number of aryl methyl sites for hydroxylation is 1. The molecule has 1 aliphatic heterocycles. The molecule has 4 rings (SSSR count). The molecule has 0 radical (unpaired) electrons. The molecule has 0 bridgehead atoms. The predicted molar refractivity (Wildman–Crippen MR) is 104 cm³/mol. The highest BCUT2D eigenvalue weighted by atomic mass is 16.5. The zero-order valence-electron chi connectivity index (χ0n) is 15.8. The summed E-state index contributed by atoms with van der Waals surface area (Å²) in [5, 5.41) is 6.30. The first kappa shape index (κ1) is 17.7. The summed E-state index contributed by atoms with van der Waals surface area (Å²) < 4.78 is 5.08. The van der Waals surface area contributed by atoms with Crippen molar-refractivity contribution in [1.29, 1.82) is 0 Å². The Morgan fingerprint density at radius 2 is 2.07 bits per heavy atom. The molecular formula is C21H24N4O2. The summed E-state index contributed by atoms with van der Waals surface area (Å²) in [6.45, 7) is 5.01. The van der Waals surface area contributed by atoms with Crippen molar-refractivity contribution in [3.63, 3.8) is 0 Å². The average Bonchev–Trinajstić information content (AvgIpc) is 3.02. The number of hydrogen-bond donors (Lipinski definition) is 0. The molecule has 140 valence electrons. The SMILES string of the molecule is Cc1cc(C(=O)N2CCN(C)C[C@H](Cc3cncc4ccccc34)C2)no1. The second kappa shape index (κ2) is 7.48. The van der Waals surface area contributed by atoms with Gasteiger partial charge in [0.2, 0.25) is 0 Å². The molecule has 1 fully saturated rings. The van der Waals surface area contributed by atoms with Crippen molar-refractivity contribution < 1.29 is 9.32 Å². The zero-order chi connectivity index (χ0) is 18.8. The monoisotopic (exact) mass is 364 g/mol. The zero-order valence-corrected chi connectivity index (χ0v) is 15.8. The number of carbonyl (C=O) groups excluding carboxylic acids is 1. The van der Waals surface area contributed by atoms with E-state index < -0.39 is 0 Å². The second-order valence-electron chi connectivity index (χ2n) is 7.43. The summed E-state index contributed by atoms with van der Waals surface area (Å²) in [5.74, 6) is 0.939. The van der Waals surface area contributed by atoms with E-state index in [9.17, 15) is 4.79 Å². The van der Waals surface area contributed by atoms with Crippen LogP contribution < -0.4 is 0 Å². The van der Waals surface area contributed by atoms with E-state index in [1.165, 1.54) is 10.9 Å². The fourth-order valence-electron chi connectivity index (χ4n) is 3.88. The van der Waals surface area contributed by atoms with Crippen LogP contribution in [0.3, 0.4) is 0 Å². The van der Waals surface area contributed by atoms with Crippen molar-refractivity contribution in [2.45, 2.75) is 13.3 Å². The molecule has 0 saturated carbocycles. The van der Waals surface area contributed by atoms with Crippen LogP contribution in [0.1, 0.15) is 21.8 Å². The summed E-state index contributed by atoms with van der Waals surface area (Å²) in [5.41, 5.74) is 1.63. The summed E-state index contributed by atoms with van der Waals surface area (Å²) in [6, 6.07) is 10.0. The van der Waals surface area contributed by atoms with Gasteiger partial charge in [-0.15, -0.1) is 0 Å². The molecule has 3 aromatic rings. The number of amides is 1. The van der Waals surface area contributed by atoms with Gasteiger partial charge in [0.15, 0.2) is 5.69 Å². The van der Waals surface area contributed by atoms with Gasteiger partial charge in [0.1, 0.15) is 5.76 Å². The second-order valence-corrected chi connectivity index (χ2v) is 7.43. The Kier molecular flexibility index (Phi) is 4.90. The van der Waals surface area contributed by atoms with Crippen LogP contribution in [0.2, 0.25) is 0 Å². The number of aromatic nitrogens is 2. The molecule has 1 saturated heterocycles. The van der Waals surface area contributed by atoms with Gasteiger partial charge in [-0.05, 0) is 37.3 Å². The van der Waals surface area contributed by atoms with Gasteiger partial charge in [0, 0.05) is 50.0 Å². The number of carbonyl (C=O) groups is 1. The summed E-state index contributed by atoms with van der Waals surface area (Å²) in [6.07, 6.45) is 4.75. The molecule has 0 spiro atoms. The lowest BCUT2D eigenvalue weighted by Crippen LogP contribution is -2.36. The molecule has 1 atom stereocenters. The fraction of sp³-hybridized carbons (Fsp3) is 0.381. The first-order chi connectivity index (χ1) is 13.1. The van der Waals surface area contributed by atoms with E-state index >= 15 is 0 Å². The minimum Gasteiger partial charge on any atom is -0.361 e. The molecule has 3 heterocycles. The van der Waals surface area contributed by atoms with E-state index in [2.05, 4.69) is 40.3 Å². The maximum absolute atomic E-state index is 12.9. The van der Waals surface area contributed by atoms with E-state index in [4.69, 9.17) is 4.52 Å². The molecule has 0 aliphatic carbocycles. The topological polar surface area (TPSA) is 62.5 Å². The van der Waals surface area contributed by atoms with Gasteiger partial charge in [-0.25, -0.2) is 0 Å². The number of rotatable bonds is 3. The molecule has 6 heteroatoms. The van der Waals surface area contributed by atoms with Gasteiger partial charge in [0.05, 0.1) is 0 Å². The van der Waals surface area contributed by atoms with Crippen LogP contribution in [0.15, 0.2) is 47.2 Å². The van der Waals surface area contributed by atoms with Crippen molar-refractivity contribution >= 4 is 16.7 Å². The van der Waals surface area contributed by atoms with Crippen LogP contribution in [-0.2, 0) is 6.42 Å². The lowest BCUT2D eigenvalue weighted by molar-refractivity contribution is 0.0736. The molecular weight excluding hydrogens is 340 g/mol. The van der Waals surface area contributed by atoms with Crippen molar-refractivity contribution in [1.82, 2.24) is 19.9 Å². The molecule has 27 heavy (non-hydrogen) atoms. The number of hydrogen-bond acceptors (Lipinski definition) is 5. The van der Waals surface area contributed by atoms with Gasteiger partial charge < -0.3 is 14.3 Å². The van der Waals surface area contributed by atoms with E-state index in [1.54, 1.807) is 13.0 Å². The van der Waals surface area contributed by atoms with Gasteiger partial charge >= 0.3 is 0 Å². The van der Waals surface area contributed by atoms with Crippen LogP contribution in [0.5, 0.6) is 0 Å². The van der Waals surface area contributed by atoms with Crippen LogP contribution in [0.25, 0.3) is 10.8 Å². The number of nitrogens with zero attached hydrogens (tertiary/aromatic N) is 4. The molecule has 1 aliphatic rings. The quantitative estimate of drug-likeness (QED) is 0.715. The third-order valence-corrected chi connectivity index (χ3v) is 5.19. The Balaban J connectivity index is 1.56. The molecule has 1 amide bonds. The lowest BCUT2D eigenvalue weighted by Gasteiger charge is -2.23.